The first kappa shape index (κ1) is 16.5. The summed E-state index contributed by atoms with van der Waals surface area (Å²) in [5.74, 6) is 0.321. The predicted octanol–water partition coefficient (Wildman–Crippen LogP) is 1.14. The SMILES string of the molecule is CCN1C[C@H](C)[C@H](NS(=O)(=O)c2c(C)nn(CC)c2C)C1. The minimum atomic E-state index is -3.52. The molecule has 0 saturated carbocycles. The van der Waals surface area contributed by atoms with Gasteiger partial charge < -0.3 is 4.90 Å². The Morgan fingerprint density at radius 1 is 1.24 bits per heavy atom. The van der Waals surface area contributed by atoms with Gasteiger partial charge in [0.2, 0.25) is 10.0 Å². The summed E-state index contributed by atoms with van der Waals surface area (Å²) in [4.78, 5) is 2.61. The van der Waals surface area contributed by atoms with Crippen LogP contribution in [0.4, 0.5) is 0 Å². The van der Waals surface area contributed by atoms with Crippen LogP contribution in [0.25, 0.3) is 0 Å². The maximum atomic E-state index is 12.7. The van der Waals surface area contributed by atoms with Gasteiger partial charge in [0.25, 0.3) is 0 Å². The largest absolute Gasteiger partial charge is 0.302 e. The lowest BCUT2D eigenvalue weighted by Crippen LogP contribution is -2.40. The van der Waals surface area contributed by atoms with Crippen molar-refractivity contribution in [1.82, 2.24) is 19.4 Å². The fourth-order valence-corrected chi connectivity index (χ4v) is 4.86. The summed E-state index contributed by atoms with van der Waals surface area (Å²) >= 11 is 0. The first-order chi connectivity index (χ1) is 9.80. The van der Waals surface area contributed by atoms with Crippen LogP contribution in [0.2, 0.25) is 0 Å². The predicted molar refractivity (Wildman–Crippen MR) is 82.8 cm³/mol. The zero-order valence-corrected chi connectivity index (χ0v) is 14.4. The molecule has 1 aliphatic heterocycles. The third kappa shape index (κ3) is 3.14. The lowest BCUT2D eigenvalue weighted by Gasteiger charge is -2.17. The number of aryl methyl sites for hydroxylation is 2. The molecule has 21 heavy (non-hydrogen) atoms. The Morgan fingerprint density at radius 2 is 1.90 bits per heavy atom. The minimum absolute atomic E-state index is 0.0290. The molecule has 1 N–H and O–H groups in total. The summed E-state index contributed by atoms with van der Waals surface area (Å²) < 4.78 is 30.1. The smallest absolute Gasteiger partial charge is 0.244 e. The molecule has 0 bridgehead atoms. The maximum absolute atomic E-state index is 12.7. The number of likely N-dealkylation sites (N-methyl/N-ethyl adjacent to an activating group) is 1. The van der Waals surface area contributed by atoms with E-state index < -0.39 is 10.0 Å². The number of sulfonamides is 1. The molecule has 0 aliphatic carbocycles. The number of hydrogen-bond acceptors (Lipinski definition) is 4. The van der Waals surface area contributed by atoms with Crippen molar-refractivity contribution in [3.8, 4) is 0 Å². The van der Waals surface area contributed by atoms with Gasteiger partial charge in [-0.3, -0.25) is 4.68 Å². The Hall–Kier alpha value is -0.920. The monoisotopic (exact) mass is 314 g/mol. The van der Waals surface area contributed by atoms with Crippen molar-refractivity contribution in [2.75, 3.05) is 19.6 Å². The van der Waals surface area contributed by atoms with Crippen molar-refractivity contribution in [2.24, 2.45) is 5.92 Å². The van der Waals surface area contributed by atoms with Crippen molar-refractivity contribution in [2.45, 2.75) is 52.1 Å². The summed E-state index contributed by atoms with van der Waals surface area (Å²) in [6.07, 6.45) is 0. The molecule has 0 amide bonds. The molecule has 1 fully saturated rings. The highest BCUT2D eigenvalue weighted by Gasteiger charge is 2.34. The van der Waals surface area contributed by atoms with Gasteiger partial charge in [0.05, 0.1) is 11.4 Å². The third-order valence-corrected chi connectivity index (χ3v) is 6.07. The van der Waals surface area contributed by atoms with Crippen LogP contribution in [-0.2, 0) is 16.6 Å². The van der Waals surface area contributed by atoms with Crippen LogP contribution in [0.15, 0.2) is 4.90 Å². The molecule has 1 aliphatic rings. The van der Waals surface area contributed by atoms with E-state index in [2.05, 4.69) is 28.6 Å². The van der Waals surface area contributed by atoms with E-state index in [9.17, 15) is 8.42 Å². The van der Waals surface area contributed by atoms with Crippen molar-refractivity contribution in [3.05, 3.63) is 11.4 Å². The standard InChI is InChI=1S/C14H26N4O2S/c1-6-17-8-10(3)13(9-17)16-21(19,20)14-11(4)15-18(7-2)12(14)5/h10,13,16H,6-9H2,1-5H3/t10-,13+/m0/s1. The molecular formula is C14H26N4O2S. The number of rotatable bonds is 5. The molecule has 1 aromatic heterocycles. The van der Waals surface area contributed by atoms with Gasteiger partial charge >= 0.3 is 0 Å². The van der Waals surface area contributed by atoms with Gasteiger partial charge in [0.1, 0.15) is 4.90 Å². The van der Waals surface area contributed by atoms with Crippen molar-refractivity contribution >= 4 is 10.0 Å². The Bertz CT molecular complexity index is 609. The minimum Gasteiger partial charge on any atom is -0.302 e. The first-order valence-electron chi connectivity index (χ1n) is 7.58. The van der Waals surface area contributed by atoms with Crippen molar-refractivity contribution in [3.63, 3.8) is 0 Å². The summed E-state index contributed by atoms with van der Waals surface area (Å²) in [5.41, 5.74) is 1.28. The van der Waals surface area contributed by atoms with E-state index in [0.29, 0.717) is 28.7 Å². The van der Waals surface area contributed by atoms with Crippen molar-refractivity contribution in [1.29, 1.82) is 0 Å². The number of aromatic nitrogens is 2. The van der Waals surface area contributed by atoms with Gasteiger partial charge in [0.15, 0.2) is 0 Å². The second-order valence-corrected chi connectivity index (χ2v) is 7.52. The molecule has 0 spiro atoms. The Kier molecular flexibility index (Phi) is 4.75. The van der Waals surface area contributed by atoms with Crippen LogP contribution in [0.3, 0.4) is 0 Å². The molecule has 2 heterocycles. The van der Waals surface area contributed by atoms with Crippen LogP contribution in [0.5, 0.6) is 0 Å². The second-order valence-electron chi connectivity index (χ2n) is 5.87. The molecule has 0 aromatic carbocycles. The van der Waals surface area contributed by atoms with E-state index in [0.717, 1.165) is 19.6 Å². The zero-order chi connectivity index (χ0) is 15.8. The number of nitrogens with zero attached hydrogens (tertiary/aromatic N) is 3. The van der Waals surface area contributed by atoms with E-state index in [4.69, 9.17) is 0 Å². The van der Waals surface area contributed by atoms with Crippen LogP contribution < -0.4 is 4.72 Å². The van der Waals surface area contributed by atoms with Crippen molar-refractivity contribution < 1.29 is 8.42 Å². The number of hydrogen-bond donors (Lipinski definition) is 1. The van der Waals surface area contributed by atoms with Crippen LogP contribution in [0.1, 0.15) is 32.2 Å². The molecule has 0 radical (unpaired) electrons. The van der Waals surface area contributed by atoms with Gasteiger partial charge in [0, 0.05) is 25.7 Å². The Balaban J connectivity index is 2.25. The molecule has 120 valence electrons. The average Bonchev–Trinajstić information content (AvgIpc) is 2.89. The summed E-state index contributed by atoms with van der Waals surface area (Å²) in [5, 5.41) is 4.31. The Labute approximate surface area is 127 Å². The number of likely N-dealkylation sites (tertiary alicyclic amines) is 1. The summed E-state index contributed by atoms with van der Waals surface area (Å²) in [6.45, 7) is 13.1. The van der Waals surface area contributed by atoms with Crippen LogP contribution >= 0.6 is 0 Å². The van der Waals surface area contributed by atoms with E-state index in [1.165, 1.54) is 0 Å². The second kappa shape index (κ2) is 6.06. The molecule has 6 nitrogen and oxygen atoms in total. The first-order valence-corrected chi connectivity index (χ1v) is 9.07. The molecule has 7 heteroatoms. The average molecular weight is 314 g/mol. The van der Waals surface area contributed by atoms with E-state index in [1.807, 2.05) is 13.8 Å². The zero-order valence-electron chi connectivity index (χ0n) is 13.5. The lowest BCUT2D eigenvalue weighted by molar-refractivity contribution is 0.344. The fourth-order valence-electron chi connectivity index (χ4n) is 3.11. The summed E-state index contributed by atoms with van der Waals surface area (Å²) in [6, 6.07) is -0.0290. The van der Waals surface area contributed by atoms with Gasteiger partial charge in [-0.15, -0.1) is 0 Å². The molecule has 1 saturated heterocycles. The third-order valence-electron chi connectivity index (χ3n) is 4.33. The van der Waals surface area contributed by atoms with E-state index in [-0.39, 0.29) is 6.04 Å². The topological polar surface area (TPSA) is 67.2 Å². The van der Waals surface area contributed by atoms with Gasteiger partial charge in [-0.1, -0.05) is 13.8 Å². The molecule has 0 unspecified atom stereocenters. The van der Waals surface area contributed by atoms with Gasteiger partial charge in [-0.25, -0.2) is 13.1 Å². The van der Waals surface area contributed by atoms with E-state index in [1.54, 1.807) is 11.6 Å². The quantitative estimate of drug-likeness (QED) is 0.885. The van der Waals surface area contributed by atoms with Gasteiger partial charge in [-0.2, -0.15) is 5.10 Å². The van der Waals surface area contributed by atoms with Crippen LogP contribution in [0, 0.1) is 19.8 Å². The number of nitrogens with one attached hydrogen (secondary N) is 1. The Morgan fingerprint density at radius 3 is 2.38 bits per heavy atom. The fraction of sp³-hybridized carbons (Fsp3) is 0.786. The maximum Gasteiger partial charge on any atom is 0.244 e. The highest BCUT2D eigenvalue weighted by Crippen LogP contribution is 2.23. The highest BCUT2D eigenvalue weighted by atomic mass is 32.2. The summed E-state index contributed by atoms with van der Waals surface area (Å²) in [7, 11) is -3.52. The molecule has 2 rings (SSSR count). The molecule has 2 atom stereocenters. The normalized spacial score (nSPS) is 23.9. The molecular weight excluding hydrogens is 288 g/mol. The highest BCUT2D eigenvalue weighted by molar-refractivity contribution is 7.89. The van der Waals surface area contributed by atoms with E-state index >= 15 is 0 Å². The lowest BCUT2D eigenvalue weighted by atomic mass is 10.1. The van der Waals surface area contributed by atoms with Gasteiger partial charge in [-0.05, 0) is 33.2 Å². The molecule has 1 aromatic rings. The van der Waals surface area contributed by atoms with Crippen LogP contribution in [-0.4, -0.2) is 48.8 Å².